The largest absolute Gasteiger partial charge is 0.489 e. The Labute approximate surface area is 138 Å². The number of carboxylic acid groups (broad SMARTS) is 1. The van der Waals surface area contributed by atoms with Crippen molar-refractivity contribution in [1.82, 2.24) is 0 Å². The number of halogens is 1. The number of carboxylic acids is 1. The number of hydrogen-bond donors (Lipinski definition) is 1. The molecule has 6 heteroatoms. The zero-order valence-corrected chi connectivity index (χ0v) is 12.9. The van der Waals surface area contributed by atoms with Gasteiger partial charge in [0.1, 0.15) is 12.4 Å². The molecule has 0 spiro atoms. The lowest BCUT2D eigenvalue weighted by atomic mass is 10.1. The molecule has 0 saturated carbocycles. The Morgan fingerprint density at radius 1 is 1.17 bits per heavy atom. The number of benzene rings is 2. The predicted molar refractivity (Wildman–Crippen MR) is 86.2 cm³/mol. The van der Waals surface area contributed by atoms with Gasteiger partial charge in [-0.1, -0.05) is 35.9 Å². The summed E-state index contributed by atoms with van der Waals surface area (Å²) < 4.78 is 5.59. The van der Waals surface area contributed by atoms with Gasteiger partial charge in [0.15, 0.2) is 0 Å². The highest BCUT2D eigenvalue weighted by Crippen LogP contribution is 2.36. The average Bonchev–Trinajstić information content (AvgIpc) is 2.54. The summed E-state index contributed by atoms with van der Waals surface area (Å²) >= 11 is 6.12. The number of aliphatic carboxylic acids is 1. The van der Waals surface area contributed by atoms with Crippen molar-refractivity contribution in [3.8, 4) is 5.75 Å². The van der Waals surface area contributed by atoms with E-state index in [0.29, 0.717) is 22.0 Å². The van der Waals surface area contributed by atoms with Crippen LogP contribution in [0.25, 0.3) is 0 Å². The van der Waals surface area contributed by atoms with Crippen LogP contribution >= 0.6 is 11.6 Å². The average molecular weight is 332 g/mol. The number of nitrogens with zero attached hydrogens (tertiary/aromatic N) is 1. The fourth-order valence-electron chi connectivity index (χ4n) is 2.63. The highest BCUT2D eigenvalue weighted by atomic mass is 35.5. The van der Waals surface area contributed by atoms with E-state index in [0.717, 1.165) is 0 Å². The Bertz CT molecular complexity index is 762. The normalized spacial score (nSPS) is 16.4. The van der Waals surface area contributed by atoms with Gasteiger partial charge in [-0.2, -0.15) is 0 Å². The maximum atomic E-state index is 13.0. The summed E-state index contributed by atoms with van der Waals surface area (Å²) in [5, 5.41) is 9.45. The molecule has 1 aliphatic heterocycles. The molecule has 0 bridgehead atoms. The van der Waals surface area contributed by atoms with Gasteiger partial charge in [0.25, 0.3) is 5.91 Å². The number of hydrogen-bond acceptors (Lipinski definition) is 3. The number of carbonyl (C=O) groups excluding carboxylic acids is 1. The second-order valence-corrected chi connectivity index (χ2v) is 5.59. The Balaban J connectivity index is 2.05. The molecular formula is C17H14ClNO4. The van der Waals surface area contributed by atoms with Gasteiger partial charge in [-0.05, 0) is 24.3 Å². The summed E-state index contributed by atoms with van der Waals surface area (Å²) in [7, 11) is 0. The van der Waals surface area contributed by atoms with Crippen molar-refractivity contribution in [2.24, 2.45) is 0 Å². The van der Waals surface area contributed by atoms with Crippen molar-refractivity contribution in [2.45, 2.75) is 12.5 Å². The number of ether oxygens (including phenoxy) is 1. The van der Waals surface area contributed by atoms with Crippen molar-refractivity contribution in [3.63, 3.8) is 0 Å². The number of anilines is 1. The molecule has 1 aliphatic rings. The first kappa shape index (κ1) is 15.4. The molecule has 5 nitrogen and oxygen atoms in total. The van der Waals surface area contributed by atoms with Gasteiger partial charge in [0, 0.05) is 0 Å². The summed E-state index contributed by atoms with van der Waals surface area (Å²) in [4.78, 5) is 25.6. The van der Waals surface area contributed by atoms with Crippen LogP contribution in [0.1, 0.15) is 16.8 Å². The summed E-state index contributed by atoms with van der Waals surface area (Å²) in [6.07, 6.45) is -0.204. The van der Waals surface area contributed by atoms with Crippen LogP contribution in [0.2, 0.25) is 5.02 Å². The van der Waals surface area contributed by atoms with Gasteiger partial charge >= 0.3 is 5.97 Å². The van der Waals surface area contributed by atoms with Crippen LogP contribution in [-0.2, 0) is 4.79 Å². The molecule has 0 aliphatic carbocycles. The van der Waals surface area contributed by atoms with Gasteiger partial charge in [0.05, 0.1) is 28.7 Å². The van der Waals surface area contributed by atoms with Crippen LogP contribution < -0.4 is 9.64 Å². The van der Waals surface area contributed by atoms with Crippen LogP contribution in [0, 0.1) is 0 Å². The molecule has 1 heterocycles. The van der Waals surface area contributed by atoms with E-state index in [4.69, 9.17) is 21.4 Å². The quantitative estimate of drug-likeness (QED) is 0.937. The first-order valence-corrected chi connectivity index (χ1v) is 7.47. The molecule has 1 N–H and O–H groups in total. The third-order valence-corrected chi connectivity index (χ3v) is 3.98. The maximum Gasteiger partial charge on any atom is 0.305 e. The van der Waals surface area contributed by atoms with E-state index in [1.54, 1.807) is 48.5 Å². The lowest BCUT2D eigenvalue weighted by Crippen LogP contribution is -2.48. The monoisotopic (exact) mass is 331 g/mol. The lowest BCUT2D eigenvalue weighted by Gasteiger charge is -2.36. The van der Waals surface area contributed by atoms with Gasteiger partial charge in [-0.15, -0.1) is 0 Å². The second kappa shape index (κ2) is 6.30. The van der Waals surface area contributed by atoms with Crippen LogP contribution in [-0.4, -0.2) is 29.6 Å². The van der Waals surface area contributed by atoms with E-state index in [1.807, 2.05) is 0 Å². The number of para-hydroxylation sites is 2. The van der Waals surface area contributed by atoms with Crippen molar-refractivity contribution in [2.75, 3.05) is 11.5 Å². The molecule has 3 rings (SSSR count). The summed E-state index contributed by atoms with van der Waals surface area (Å²) in [6.45, 7) is 0.125. The van der Waals surface area contributed by atoms with Crippen molar-refractivity contribution in [1.29, 1.82) is 0 Å². The van der Waals surface area contributed by atoms with Gasteiger partial charge in [-0.25, -0.2) is 0 Å². The fraction of sp³-hybridized carbons (Fsp3) is 0.176. The van der Waals surface area contributed by atoms with E-state index in [-0.39, 0.29) is 18.9 Å². The van der Waals surface area contributed by atoms with E-state index in [9.17, 15) is 9.59 Å². The fourth-order valence-corrected chi connectivity index (χ4v) is 2.84. The van der Waals surface area contributed by atoms with Crippen molar-refractivity contribution < 1.29 is 19.4 Å². The third-order valence-electron chi connectivity index (χ3n) is 3.65. The number of amides is 1. The van der Waals surface area contributed by atoms with E-state index in [2.05, 4.69) is 0 Å². The zero-order valence-electron chi connectivity index (χ0n) is 12.1. The smallest absolute Gasteiger partial charge is 0.305 e. The predicted octanol–water partition coefficient (Wildman–Crippen LogP) is 3.22. The van der Waals surface area contributed by atoms with Gasteiger partial charge in [0.2, 0.25) is 0 Å². The molecule has 118 valence electrons. The summed E-state index contributed by atoms with van der Waals surface area (Å²) in [5.74, 6) is -0.776. The highest BCUT2D eigenvalue weighted by molar-refractivity contribution is 6.34. The Morgan fingerprint density at radius 2 is 1.87 bits per heavy atom. The number of fused-ring (bicyclic) bond motifs is 1. The van der Waals surface area contributed by atoms with Crippen LogP contribution in [0.4, 0.5) is 5.69 Å². The molecular weight excluding hydrogens is 318 g/mol. The Hall–Kier alpha value is -2.53. The number of carbonyl (C=O) groups is 2. The second-order valence-electron chi connectivity index (χ2n) is 5.19. The third kappa shape index (κ3) is 3.00. The first-order valence-electron chi connectivity index (χ1n) is 7.09. The zero-order chi connectivity index (χ0) is 16.4. The van der Waals surface area contributed by atoms with Crippen LogP contribution in [0.15, 0.2) is 48.5 Å². The molecule has 1 amide bonds. The Kier molecular flexibility index (Phi) is 4.21. The molecule has 0 radical (unpaired) electrons. The van der Waals surface area contributed by atoms with Crippen molar-refractivity contribution in [3.05, 3.63) is 59.1 Å². The lowest BCUT2D eigenvalue weighted by molar-refractivity contribution is -0.137. The molecule has 2 aromatic rings. The maximum absolute atomic E-state index is 13.0. The van der Waals surface area contributed by atoms with E-state index in [1.165, 1.54) is 4.90 Å². The van der Waals surface area contributed by atoms with Crippen molar-refractivity contribution >= 4 is 29.2 Å². The molecule has 1 atom stereocenters. The standard InChI is InChI=1S/C17H14ClNO4/c18-13-6-2-1-5-12(13)17(22)19-11(9-16(20)21)10-23-15-8-4-3-7-14(15)19/h1-8,11H,9-10H2,(H,20,21)/t11-/m1/s1. The first-order chi connectivity index (χ1) is 11.1. The van der Waals surface area contributed by atoms with Crippen LogP contribution in [0.3, 0.4) is 0 Å². The minimum absolute atomic E-state index is 0.125. The molecule has 2 aromatic carbocycles. The minimum atomic E-state index is -0.991. The molecule has 0 aromatic heterocycles. The molecule has 0 unspecified atom stereocenters. The van der Waals surface area contributed by atoms with Gasteiger partial charge < -0.3 is 9.84 Å². The van der Waals surface area contributed by atoms with E-state index < -0.39 is 12.0 Å². The number of rotatable bonds is 3. The molecule has 0 saturated heterocycles. The highest BCUT2D eigenvalue weighted by Gasteiger charge is 2.34. The minimum Gasteiger partial charge on any atom is -0.489 e. The van der Waals surface area contributed by atoms with Crippen LogP contribution in [0.5, 0.6) is 5.75 Å². The molecule has 23 heavy (non-hydrogen) atoms. The topological polar surface area (TPSA) is 66.8 Å². The Morgan fingerprint density at radius 3 is 2.61 bits per heavy atom. The summed E-state index contributed by atoms with van der Waals surface area (Å²) in [5.41, 5.74) is 0.885. The molecule has 0 fully saturated rings. The summed E-state index contributed by atoms with van der Waals surface area (Å²) in [6, 6.07) is 13.2. The van der Waals surface area contributed by atoms with E-state index >= 15 is 0 Å². The SMILES string of the molecule is O=C(O)C[C@@H]1COc2ccccc2N1C(=O)c1ccccc1Cl. The van der Waals surface area contributed by atoms with Gasteiger partial charge in [-0.3, -0.25) is 14.5 Å².